The van der Waals surface area contributed by atoms with Gasteiger partial charge in [0.25, 0.3) is 0 Å². The van der Waals surface area contributed by atoms with E-state index in [1.54, 1.807) is 6.33 Å². The van der Waals surface area contributed by atoms with Gasteiger partial charge in [0.05, 0.1) is 23.7 Å². The number of imidazole rings is 1. The van der Waals surface area contributed by atoms with Crippen molar-refractivity contribution >= 4 is 16.9 Å². The zero-order valence-corrected chi connectivity index (χ0v) is 8.40. The highest BCUT2D eigenvalue weighted by atomic mass is 15.2. The van der Waals surface area contributed by atoms with Crippen molar-refractivity contribution in [1.82, 2.24) is 20.3 Å². The van der Waals surface area contributed by atoms with Gasteiger partial charge in [-0.15, -0.1) is 0 Å². The zero-order valence-electron chi connectivity index (χ0n) is 8.40. The molecule has 3 rings (SSSR count). The third-order valence-corrected chi connectivity index (χ3v) is 2.74. The summed E-state index contributed by atoms with van der Waals surface area (Å²) in [5.41, 5.74) is 2.97. The van der Waals surface area contributed by atoms with Crippen LogP contribution in [0.2, 0.25) is 0 Å². The minimum Gasteiger partial charge on any atom is -0.368 e. The predicted octanol–water partition coefficient (Wildman–Crippen LogP) is 0.367. The van der Waals surface area contributed by atoms with E-state index in [1.807, 2.05) is 6.20 Å². The number of rotatable bonds is 1. The average Bonchev–Trinajstić information content (AvgIpc) is 2.77. The van der Waals surface area contributed by atoms with Crippen LogP contribution < -0.4 is 10.2 Å². The number of piperazine rings is 1. The first-order valence-corrected chi connectivity index (χ1v) is 5.18. The first-order chi connectivity index (χ1) is 7.43. The van der Waals surface area contributed by atoms with Crippen molar-refractivity contribution in [3.05, 3.63) is 18.6 Å². The van der Waals surface area contributed by atoms with Gasteiger partial charge in [-0.3, -0.25) is 0 Å². The molecule has 0 spiro atoms. The van der Waals surface area contributed by atoms with Gasteiger partial charge >= 0.3 is 0 Å². The highest BCUT2D eigenvalue weighted by Crippen LogP contribution is 2.17. The highest BCUT2D eigenvalue weighted by Gasteiger charge is 2.11. The molecule has 5 heteroatoms. The summed E-state index contributed by atoms with van der Waals surface area (Å²) in [5, 5.41) is 3.33. The van der Waals surface area contributed by atoms with Gasteiger partial charge in [0.2, 0.25) is 0 Å². The lowest BCUT2D eigenvalue weighted by Gasteiger charge is -2.28. The Balaban J connectivity index is 1.95. The Morgan fingerprint density at radius 1 is 1.20 bits per heavy atom. The van der Waals surface area contributed by atoms with Crippen molar-refractivity contribution in [2.24, 2.45) is 0 Å². The molecule has 1 aliphatic rings. The molecular weight excluding hydrogens is 190 g/mol. The minimum atomic E-state index is 0.786. The van der Waals surface area contributed by atoms with Crippen LogP contribution in [0.4, 0.5) is 5.69 Å². The fraction of sp³-hybridized carbons (Fsp3) is 0.400. The standard InChI is InChI=1S/C10H13N5/c1-3-15(4-2-11-1)8-5-9-10(12-6-8)14-7-13-9/h5-7,11H,1-4H2,(H,12,13,14). The minimum absolute atomic E-state index is 0.786. The van der Waals surface area contributed by atoms with Crippen molar-refractivity contribution in [3.63, 3.8) is 0 Å². The number of aromatic nitrogens is 3. The van der Waals surface area contributed by atoms with E-state index in [1.165, 1.54) is 5.69 Å². The van der Waals surface area contributed by atoms with Crippen LogP contribution in [0.3, 0.4) is 0 Å². The molecule has 78 valence electrons. The van der Waals surface area contributed by atoms with E-state index < -0.39 is 0 Å². The van der Waals surface area contributed by atoms with E-state index in [2.05, 4.69) is 31.2 Å². The third kappa shape index (κ3) is 1.55. The van der Waals surface area contributed by atoms with Crippen LogP contribution in [0.1, 0.15) is 0 Å². The Labute approximate surface area is 87.5 Å². The fourth-order valence-corrected chi connectivity index (χ4v) is 1.91. The summed E-state index contributed by atoms with van der Waals surface area (Å²) in [6.07, 6.45) is 3.58. The number of pyridine rings is 1. The Morgan fingerprint density at radius 3 is 2.93 bits per heavy atom. The van der Waals surface area contributed by atoms with Crippen molar-refractivity contribution in [3.8, 4) is 0 Å². The number of hydrogen-bond donors (Lipinski definition) is 2. The maximum Gasteiger partial charge on any atom is 0.177 e. The summed E-state index contributed by atoms with van der Waals surface area (Å²) in [6.45, 7) is 4.17. The molecule has 0 bridgehead atoms. The number of nitrogens with one attached hydrogen (secondary N) is 2. The number of hydrogen-bond acceptors (Lipinski definition) is 4. The van der Waals surface area contributed by atoms with Crippen LogP contribution in [0.5, 0.6) is 0 Å². The fourth-order valence-electron chi connectivity index (χ4n) is 1.91. The lowest BCUT2D eigenvalue weighted by Crippen LogP contribution is -2.43. The second-order valence-electron chi connectivity index (χ2n) is 3.70. The second-order valence-corrected chi connectivity index (χ2v) is 3.70. The first-order valence-electron chi connectivity index (χ1n) is 5.18. The van der Waals surface area contributed by atoms with Crippen LogP contribution in [0.25, 0.3) is 11.2 Å². The molecule has 0 saturated carbocycles. The quantitative estimate of drug-likeness (QED) is 0.703. The van der Waals surface area contributed by atoms with Crippen LogP contribution in [-0.4, -0.2) is 41.1 Å². The molecule has 1 fully saturated rings. The normalized spacial score (nSPS) is 17.2. The van der Waals surface area contributed by atoms with Gasteiger partial charge in [0.1, 0.15) is 0 Å². The maximum absolute atomic E-state index is 4.31. The van der Waals surface area contributed by atoms with Gasteiger partial charge in [0, 0.05) is 26.2 Å². The molecule has 0 amide bonds. The molecule has 0 aliphatic carbocycles. The number of aromatic amines is 1. The average molecular weight is 203 g/mol. The van der Waals surface area contributed by atoms with Crippen LogP contribution in [-0.2, 0) is 0 Å². The molecule has 2 aromatic rings. The Hall–Kier alpha value is -1.62. The molecule has 1 aliphatic heterocycles. The van der Waals surface area contributed by atoms with Crippen LogP contribution in [0, 0.1) is 0 Å². The van der Waals surface area contributed by atoms with E-state index in [4.69, 9.17) is 0 Å². The molecule has 15 heavy (non-hydrogen) atoms. The molecule has 0 unspecified atom stereocenters. The smallest absolute Gasteiger partial charge is 0.177 e. The number of anilines is 1. The lowest BCUT2D eigenvalue weighted by atomic mass is 10.3. The van der Waals surface area contributed by atoms with Crippen molar-refractivity contribution in [2.45, 2.75) is 0 Å². The first kappa shape index (κ1) is 8.67. The van der Waals surface area contributed by atoms with Crippen LogP contribution in [0.15, 0.2) is 18.6 Å². The van der Waals surface area contributed by atoms with Gasteiger partial charge < -0.3 is 15.2 Å². The van der Waals surface area contributed by atoms with Crippen molar-refractivity contribution in [1.29, 1.82) is 0 Å². The Morgan fingerprint density at radius 2 is 2.07 bits per heavy atom. The van der Waals surface area contributed by atoms with Crippen molar-refractivity contribution in [2.75, 3.05) is 31.1 Å². The molecule has 3 heterocycles. The monoisotopic (exact) mass is 203 g/mol. The Bertz CT molecular complexity index is 458. The number of nitrogens with zero attached hydrogens (tertiary/aromatic N) is 3. The van der Waals surface area contributed by atoms with Crippen LogP contribution >= 0.6 is 0 Å². The maximum atomic E-state index is 4.31. The summed E-state index contributed by atoms with van der Waals surface area (Å²) in [5.74, 6) is 0. The summed E-state index contributed by atoms with van der Waals surface area (Å²) in [6, 6.07) is 2.11. The van der Waals surface area contributed by atoms with E-state index in [0.717, 1.165) is 37.3 Å². The van der Waals surface area contributed by atoms with Gasteiger partial charge in [-0.2, -0.15) is 0 Å². The topological polar surface area (TPSA) is 56.8 Å². The van der Waals surface area contributed by atoms with Gasteiger partial charge in [0.15, 0.2) is 5.65 Å². The molecule has 5 nitrogen and oxygen atoms in total. The zero-order chi connectivity index (χ0) is 10.1. The largest absolute Gasteiger partial charge is 0.368 e. The summed E-state index contributed by atoms with van der Waals surface area (Å²) >= 11 is 0. The molecular formula is C10H13N5. The Kier molecular flexibility index (Phi) is 2.03. The van der Waals surface area contributed by atoms with E-state index >= 15 is 0 Å². The second kappa shape index (κ2) is 3.51. The number of fused-ring (bicyclic) bond motifs is 1. The summed E-state index contributed by atoms with van der Waals surface area (Å²) in [7, 11) is 0. The molecule has 1 saturated heterocycles. The van der Waals surface area contributed by atoms with E-state index in [9.17, 15) is 0 Å². The van der Waals surface area contributed by atoms with Gasteiger partial charge in [-0.05, 0) is 6.07 Å². The highest BCUT2D eigenvalue weighted by molar-refractivity contribution is 5.74. The third-order valence-electron chi connectivity index (χ3n) is 2.74. The molecule has 0 radical (unpaired) electrons. The summed E-state index contributed by atoms with van der Waals surface area (Å²) < 4.78 is 0. The van der Waals surface area contributed by atoms with E-state index in [0.29, 0.717) is 0 Å². The lowest BCUT2D eigenvalue weighted by molar-refractivity contribution is 0.589. The molecule has 2 aromatic heterocycles. The predicted molar refractivity (Wildman–Crippen MR) is 59.0 cm³/mol. The van der Waals surface area contributed by atoms with Gasteiger partial charge in [-0.25, -0.2) is 9.97 Å². The molecule has 2 N–H and O–H groups in total. The van der Waals surface area contributed by atoms with Gasteiger partial charge in [-0.1, -0.05) is 0 Å². The SMILES string of the molecule is c1nc2ncc(N3CCNCC3)cc2[nH]1. The molecule has 0 aromatic carbocycles. The number of H-pyrrole nitrogens is 1. The van der Waals surface area contributed by atoms with E-state index in [-0.39, 0.29) is 0 Å². The molecule has 0 atom stereocenters. The summed E-state index contributed by atoms with van der Waals surface area (Å²) in [4.78, 5) is 13.8. The van der Waals surface area contributed by atoms with Crippen molar-refractivity contribution < 1.29 is 0 Å².